The van der Waals surface area contributed by atoms with Gasteiger partial charge in [0.1, 0.15) is 6.54 Å². The second-order valence-electron chi connectivity index (χ2n) is 6.35. The van der Waals surface area contributed by atoms with E-state index in [2.05, 4.69) is 41.7 Å². The number of rotatable bonds is 5. The van der Waals surface area contributed by atoms with E-state index >= 15 is 0 Å². The minimum Gasteiger partial charge on any atom is -0.351 e. The minimum atomic E-state index is -0.000806. The first-order valence-corrected chi connectivity index (χ1v) is 8.47. The summed E-state index contributed by atoms with van der Waals surface area (Å²) in [4.78, 5) is 13.8. The molecule has 1 aliphatic rings. The summed E-state index contributed by atoms with van der Waals surface area (Å²) in [5.74, 6) is 0.162. The highest BCUT2D eigenvalue weighted by Crippen LogP contribution is 2.10. The molecule has 3 heteroatoms. The van der Waals surface area contributed by atoms with E-state index in [-0.39, 0.29) is 11.9 Å². The zero-order chi connectivity index (χ0) is 16.1. The van der Waals surface area contributed by atoms with Crippen LogP contribution in [0.15, 0.2) is 54.6 Å². The van der Waals surface area contributed by atoms with Gasteiger partial charge in [-0.1, -0.05) is 54.6 Å². The predicted molar refractivity (Wildman–Crippen MR) is 92.3 cm³/mol. The van der Waals surface area contributed by atoms with Crippen LogP contribution < -0.4 is 10.2 Å². The molecule has 0 bridgehead atoms. The van der Waals surface area contributed by atoms with Crippen LogP contribution in [0.3, 0.4) is 0 Å². The van der Waals surface area contributed by atoms with Gasteiger partial charge in [0, 0.05) is 18.5 Å². The van der Waals surface area contributed by atoms with E-state index in [1.807, 2.05) is 25.1 Å². The molecule has 1 heterocycles. The van der Waals surface area contributed by atoms with Gasteiger partial charge in [0.2, 0.25) is 0 Å². The number of benzene rings is 2. The molecule has 0 aliphatic carbocycles. The first-order chi connectivity index (χ1) is 11.2. The van der Waals surface area contributed by atoms with Crippen molar-refractivity contribution in [2.24, 2.45) is 0 Å². The van der Waals surface area contributed by atoms with Crippen LogP contribution in [-0.2, 0) is 24.2 Å². The summed E-state index contributed by atoms with van der Waals surface area (Å²) in [7, 11) is 0. The van der Waals surface area contributed by atoms with Crippen LogP contribution in [0.25, 0.3) is 0 Å². The molecule has 2 aromatic carbocycles. The standard InChI is InChI=1S/C20H24N2O/c1-16(20(23)21-13-11-17-7-3-2-4-8-17)22-14-12-18-9-5-6-10-19(18)15-22/h2-10,16H,11-15H2,1H3,(H,21,23)/p+1/t16-/m1/s1. The third-order valence-corrected chi connectivity index (χ3v) is 4.81. The summed E-state index contributed by atoms with van der Waals surface area (Å²) in [5.41, 5.74) is 4.09. The van der Waals surface area contributed by atoms with Gasteiger partial charge in [-0.3, -0.25) is 4.79 Å². The number of quaternary nitrogens is 1. The fourth-order valence-corrected chi connectivity index (χ4v) is 3.28. The predicted octanol–water partition coefficient (Wildman–Crippen LogP) is 1.37. The Labute approximate surface area is 138 Å². The number of amides is 1. The first kappa shape index (κ1) is 15.8. The van der Waals surface area contributed by atoms with Crippen LogP contribution in [0.2, 0.25) is 0 Å². The largest absolute Gasteiger partial charge is 0.351 e. The van der Waals surface area contributed by atoms with E-state index in [1.54, 1.807) is 0 Å². The maximum atomic E-state index is 12.4. The number of nitrogens with one attached hydrogen (secondary N) is 2. The molecule has 23 heavy (non-hydrogen) atoms. The Balaban J connectivity index is 1.50. The van der Waals surface area contributed by atoms with Crippen LogP contribution in [0, 0.1) is 0 Å². The van der Waals surface area contributed by atoms with Gasteiger partial charge in [-0.15, -0.1) is 0 Å². The number of carbonyl (C=O) groups is 1. The molecule has 120 valence electrons. The minimum absolute atomic E-state index is 0.000806. The van der Waals surface area contributed by atoms with Gasteiger partial charge in [-0.2, -0.15) is 0 Å². The summed E-state index contributed by atoms with van der Waals surface area (Å²) in [6, 6.07) is 18.9. The Kier molecular flexibility index (Phi) is 5.09. The topological polar surface area (TPSA) is 33.5 Å². The van der Waals surface area contributed by atoms with Crippen molar-refractivity contribution in [1.82, 2.24) is 5.32 Å². The van der Waals surface area contributed by atoms with Crippen molar-refractivity contribution in [2.75, 3.05) is 13.1 Å². The summed E-state index contributed by atoms with van der Waals surface area (Å²) in [6.45, 7) is 4.73. The van der Waals surface area contributed by atoms with Gasteiger partial charge in [-0.25, -0.2) is 0 Å². The molecule has 0 aromatic heterocycles. The fraction of sp³-hybridized carbons (Fsp3) is 0.350. The van der Waals surface area contributed by atoms with E-state index in [4.69, 9.17) is 0 Å². The second kappa shape index (κ2) is 7.42. The van der Waals surface area contributed by atoms with Crippen molar-refractivity contribution in [3.05, 3.63) is 71.3 Å². The highest BCUT2D eigenvalue weighted by atomic mass is 16.2. The maximum Gasteiger partial charge on any atom is 0.278 e. The third kappa shape index (κ3) is 3.99. The van der Waals surface area contributed by atoms with Crippen molar-refractivity contribution in [3.63, 3.8) is 0 Å². The maximum absolute atomic E-state index is 12.4. The summed E-state index contributed by atoms with van der Waals surface area (Å²) < 4.78 is 0. The van der Waals surface area contributed by atoms with E-state index in [9.17, 15) is 4.79 Å². The van der Waals surface area contributed by atoms with Crippen molar-refractivity contribution >= 4 is 5.91 Å². The lowest BCUT2D eigenvalue weighted by molar-refractivity contribution is -0.929. The molecule has 3 nitrogen and oxygen atoms in total. The quantitative estimate of drug-likeness (QED) is 0.859. The van der Waals surface area contributed by atoms with E-state index in [1.165, 1.54) is 21.6 Å². The molecule has 0 saturated heterocycles. The van der Waals surface area contributed by atoms with Crippen LogP contribution in [-0.4, -0.2) is 25.0 Å². The smallest absolute Gasteiger partial charge is 0.278 e. The monoisotopic (exact) mass is 309 g/mol. The van der Waals surface area contributed by atoms with E-state index < -0.39 is 0 Å². The van der Waals surface area contributed by atoms with Gasteiger partial charge < -0.3 is 10.2 Å². The average molecular weight is 309 g/mol. The molecule has 0 saturated carbocycles. The Hall–Kier alpha value is -2.13. The molecule has 1 unspecified atom stereocenters. The zero-order valence-corrected chi connectivity index (χ0v) is 13.7. The molecule has 0 spiro atoms. The molecule has 2 atom stereocenters. The van der Waals surface area contributed by atoms with Crippen molar-refractivity contribution < 1.29 is 9.69 Å². The molecular formula is C20H25N2O+. The summed E-state index contributed by atoms with van der Waals surface area (Å²) in [5, 5.41) is 3.09. The third-order valence-electron chi connectivity index (χ3n) is 4.81. The lowest BCUT2D eigenvalue weighted by atomic mass is 9.99. The molecule has 1 amide bonds. The van der Waals surface area contributed by atoms with Gasteiger partial charge >= 0.3 is 0 Å². The van der Waals surface area contributed by atoms with Crippen LogP contribution in [0.4, 0.5) is 0 Å². The number of fused-ring (bicyclic) bond motifs is 1. The van der Waals surface area contributed by atoms with E-state index in [0.717, 1.165) is 25.9 Å². The highest BCUT2D eigenvalue weighted by molar-refractivity contribution is 5.79. The molecular weight excluding hydrogens is 284 g/mol. The molecule has 1 aliphatic heterocycles. The van der Waals surface area contributed by atoms with E-state index in [0.29, 0.717) is 6.54 Å². The Morgan fingerprint density at radius 1 is 1.09 bits per heavy atom. The lowest BCUT2D eigenvalue weighted by Crippen LogP contribution is -3.16. The van der Waals surface area contributed by atoms with Crippen LogP contribution in [0.1, 0.15) is 23.6 Å². The van der Waals surface area contributed by atoms with Gasteiger partial charge in [-0.05, 0) is 24.5 Å². The van der Waals surface area contributed by atoms with Gasteiger partial charge in [0.15, 0.2) is 6.04 Å². The Morgan fingerprint density at radius 2 is 1.78 bits per heavy atom. The van der Waals surface area contributed by atoms with Crippen LogP contribution >= 0.6 is 0 Å². The summed E-state index contributed by atoms with van der Waals surface area (Å²) >= 11 is 0. The van der Waals surface area contributed by atoms with Crippen molar-refractivity contribution in [3.8, 4) is 0 Å². The number of hydrogen-bond acceptors (Lipinski definition) is 1. The molecule has 0 radical (unpaired) electrons. The average Bonchev–Trinajstić information content (AvgIpc) is 2.61. The van der Waals surface area contributed by atoms with Gasteiger partial charge in [0.05, 0.1) is 6.54 Å². The van der Waals surface area contributed by atoms with Crippen LogP contribution in [0.5, 0.6) is 0 Å². The molecule has 2 aromatic rings. The Morgan fingerprint density at radius 3 is 2.57 bits per heavy atom. The first-order valence-electron chi connectivity index (χ1n) is 8.47. The molecule has 2 N–H and O–H groups in total. The highest BCUT2D eigenvalue weighted by Gasteiger charge is 2.28. The fourth-order valence-electron chi connectivity index (χ4n) is 3.28. The van der Waals surface area contributed by atoms with Gasteiger partial charge in [0.25, 0.3) is 5.91 Å². The van der Waals surface area contributed by atoms with Crippen molar-refractivity contribution in [2.45, 2.75) is 32.4 Å². The normalized spacial score (nSPS) is 18.0. The molecule has 3 rings (SSSR count). The summed E-state index contributed by atoms with van der Waals surface area (Å²) in [6.07, 6.45) is 1.95. The van der Waals surface area contributed by atoms with Crippen molar-refractivity contribution in [1.29, 1.82) is 0 Å². The molecule has 0 fully saturated rings. The second-order valence-corrected chi connectivity index (χ2v) is 6.35. The zero-order valence-electron chi connectivity index (χ0n) is 13.7. The SMILES string of the molecule is C[C@H](C(=O)NCCc1ccccc1)[NH+]1CCc2ccccc2C1. The lowest BCUT2D eigenvalue weighted by Gasteiger charge is -2.30. The number of carbonyl (C=O) groups excluding carboxylic acids is 1. The Bertz CT molecular complexity index is 654. The number of hydrogen-bond donors (Lipinski definition) is 2.